The molecule has 0 spiro atoms. The van der Waals surface area contributed by atoms with Crippen LogP contribution in [0.3, 0.4) is 0 Å². The molecule has 2 rings (SSSR count). The molecule has 5 heteroatoms. The van der Waals surface area contributed by atoms with E-state index >= 15 is 0 Å². The summed E-state index contributed by atoms with van der Waals surface area (Å²) < 4.78 is 0. The average molecular weight is 251 g/mol. The number of nitrogens with zero attached hydrogens (tertiary/aromatic N) is 1. The van der Waals surface area contributed by atoms with E-state index in [9.17, 15) is 0 Å². The van der Waals surface area contributed by atoms with Crippen LogP contribution in [0.5, 0.6) is 0 Å². The van der Waals surface area contributed by atoms with Gasteiger partial charge in [0.1, 0.15) is 0 Å². The van der Waals surface area contributed by atoms with Crippen molar-refractivity contribution in [2.45, 2.75) is 18.2 Å². The summed E-state index contributed by atoms with van der Waals surface area (Å²) in [5.74, 6) is 1.05. The van der Waals surface area contributed by atoms with Crippen LogP contribution in [0.25, 0.3) is 0 Å². The molecule has 0 aromatic heterocycles. The Balaban J connectivity index is 2.35. The number of nitrogens with one attached hydrogen (secondary N) is 1. The maximum absolute atomic E-state index is 5.37. The summed E-state index contributed by atoms with van der Waals surface area (Å²) in [6.07, 6.45) is 0.941. The lowest BCUT2D eigenvalue weighted by Gasteiger charge is -2.17. The van der Waals surface area contributed by atoms with Gasteiger partial charge in [-0.1, -0.05) is 11.6 Å². The largest absolute Gasteiger partial charge is 0.375 e. The fraction of sp³-hybridized carbons (Fsp3) is 0.273. The highest BCUT2D eigenvalue weighted by Gasteiger charge is 2.15. The molecule has 1 aromatic rings. The number of thiocarbonyl (C=S) groups is 1. The first-order valence-electron chi connectivity index (χ1n) is 5.02. The number of hydrazone groups is 1. The summed E-state index contributed by atoms with van der Waals surface area (Å²) in [5, 5.41) is 4.46. The SMILES string of the molecule is Cc1ccc2c(c1)/C(=N/NC(N)=S)CCS2. The zero-order valence-electron chi connectivity index (χ0n) is 8.99. The Labute approximate surface area is 104 Å². The third kappa shape index (κ3) is 2.54. The van der Waals surface area contributed by atoms with Crippen molar-refractivity contribution in [2.24, 2.45) is 10.8 Å². The van der Waals surface area contributed by atoms with E-state index in [1.54, 1.807) is 0 Å². The topological polar surface area (TPSA) is 50.4 Å². The molecule has 1 aromatic carbocycles. The number of rotatable bonds is 1. The second-order valence-corrected chi connectivity index (χ2v) is 5.21. The first-order chi connectivity index (χ1) is 7.66. The molecule has 3 nitrogen and oxygen atoms in total. The number of nitrogens with two attached hydrogens (primary N) is 1. The minimum absolute atomic E-state index is 0.208. The minimum atomic E-state index is 0.208. The lowest BCUT2D eigenvalue weighted by molar-refractivity contribution is 1.01. The predicted molar refractivity (Wildman–Crippen MR) is 73.0 cm³/mol. The van der Waals surface area contributed by atoms with Crippen LogP contribution in [-0.2, 0) is 0 Å². The van der Waals surface area contributed by atoms with Crippen LogP contribution in [0, 0.1) is 6.92 Å². The van der Waals surface area contributed by atoms with Gasteiger partial charge in [-0.3, -0.25) is 5.43 Å². The van der Waals surface area contributed by atoms with Crippen LogP contribution >= 0.6 is 24.0 Å². The molecule has 0 amide bonds. The Hall–Kier alpha value is -1.07. The molecule has 1 heterocycles. The highest BCUT2D eigenvalue weighted by atomic mass is 32.2. The number of hydrogen-bond acceptors (Lipinski definition) is 3. The van der Waals surface area contributed by atoms with Crippen molar-refractivity contribution >= 4 is 34.8 Å². The Kier molecular flexibility index (Phi) is 3.46. The average Bonchev–Trinajstić information content (AvgIpc) is 2.26. The Morgan fingerprint density at radius 3 is 3.12 bits per heavy atom. The van der Waals surface area contributed by atoms with Crippen LogP contribution in [0.15, 0.2) is 28.2 Å². The van der Waals surface area contributed by atoms with Gasteiger partial charge in [-0.05, 0) is 31.3 Å². The van der Waals surface area contributed by atoms with Gasteiger partial charge >= 0.3 is 0 Å². The second kappa shape index (κ2) is 4.84. The molecule has 0 saturated heterocycles. The normalized spacial score (nSPS) is 16.9. The van der Waals surface area contributed by atoms with Gasteiger partial charge in [-0.25, -0.2) is 0 Å². The summed E-state index contributed by atoms with van der Waals surface area (Å²) in [4.78, 5) is 1.28. The van der Waals surface area contributed by atoms with Crippen molar-refractivity contribution in [3.63, 3.8) is 0 Å². The van der Waals surface area contributed by atoms with Gasteiger partial charge in [0, 0.05) is 22.6 Å². The van der Waals surface area contributed by atoms with Crippen LogP contribution in [0.1, 0.15) is 17.5 Å². The maximum Gasteiger partial charge on any atom is 0.184 e. The van der Waals surface area contributed by atoms with Crippen LogP contribution in [-0.4, -0.2) is 16.6 Å². The standard InChI is InChI=1S/C11H13N3S2/c1-7-2-3-10-8(6-7)9(4-5-16-10)13-14-11(12)15/h2-3,6H,4-5H2,1H3,(H3,12,14,15)/b13-9+. The summed E-state index contributed by atoms with van der Waals surface area (Å²) >= 11 is 6.61. The number of aryl methyl sites for hydroxylation is 1. The lowest BCUT2D eigenvalue weighted by atomic mass is 10.1. The molecular formula is C11H13N3S2. The van der Waals surface area contributed by atoms with Crippen molar-refractivity contribution in [2.75, 3.05) is 5.75 Å². The summed E-state index contributed by atoms with van der Waals surface area (Å²) in [5.41, 5.74) is 11.5. The molecule has 0 unspecified atom stereocenters. The van der Waals surface area contributed by atoms with Crippen molar-refractivity contribution in [1.82, 2.24) is 5.43 Å². The monoisotopic (exact) mass is 251 g/mol. The minimum Gasteiger partial charge on any atom is -0.375 e. The molecule has 84 valence electrons. The molecule has 3 N–H and O–H groups in total. The highest BCUT2D eigenvalue weighted by molar-refractivity contribution is 7.99. The van der Waals surface area contributed by atoms with Crippen LogP contribution < -0.4 is 11.2 Å². The zero-order valence-corrected chi connectivity index (χ0v) is 10.6. The molecule has 0 atom stereocenters. The van der Waals surface area contributed by atoms with Gasteiger partial charge in [0.2, 0.25) is 0 Å². The molecule has 16 heavy (non-hydrogen) atoms. The predicted octanol–water partition coefficient (Wildman–Crippen LogP) is 2.03. The van der Waals surface area contributed by atoms with Gasteiger partial charge in [0.25, 0.3) is 0 Å². The molecule has 1 aliphatic heterocycles. The molecule has 0 radical (unpaired) electrons. The van der Waals surface area contributed by atoms with Gasteiger partial charge in [-0.2, -0.15) is 5.10 Å². The molecule has 0 bridgehead atoms. The maximum atomic E-state index is 5.37. The van der Waals surface area contributed by atoms with Crippen LogP contribution in [0.4, 0.5) is 0 Å². The van der Waals surface area contributed by atoms with E-state index in [-0.39, 0.29) is 5.11 Å². The smallest absolute Gasteiger partial charge is 0.184 e. The first-order valence-corrected chi connectivity index (χ1v) is 6.42. The van der Waals surface area contributed by atoms with E-state index < -0.39 is 0 Å². The van der Waals surface area contributed by atoms with E-state index in [0.29, 0.717) is 0 Å². The fourth-order valence-corrected chi connectivity index (χ4v) is 2.68. The van der Waals surface area contributed by atoms with E-state index in [4.69, 9.17) is 18.0 Å². The molecule has 0 aliphatic carbocycles. The van der Waals surface area contributed by atoms with Crippen molar-refractivity contribution in [3.8, 4) is 0 Å². The third-order valence-electron chi connectivity index (χ3n) is 2.34. The van der Waals surface area contributed by atoms with Crippen molar-refractivity contribution < 1.29 is 0 Å². The number of fused-ring (bicyclic) bond motifs is 1. The van der Waals surface area contributed by atoms with E-state index in [1.807, 2.05) is 11.8 Å². The highest BCUT2D eigenvalue weighted by Crippen LogP contribution is 2.30. The molecule has 0 fully saturated rings. The first kappa shape index (κ1) is 11.4. The van der Waals surface area contributed by atoms with Gasteiger partial charge in [0.15, 0.2) is 5.11 Å². The zero-order chi connectivity index (χ0) is 11.5. The summed E-state index contributed by atoms with van der Waals surface area (Å²) in [6.45, 7) is 2.08. The van der Waals surface area contributed by atoms with E-state index in [2.05, 4.69) is 35.7 Å². The molecular weight excluding hydrogens is 238 g/mol. The number of hydrogen-bond donors (Lipinski definition) is 2. The Bertz CT molecular complexity index is 455. The van der Waals surface area contributed by atoms with E-state index in [0.717, 1.165) is 17.9 Å². The second-order valence-electron chi connectivity index (χ2n) is 3.63. The van der Waals surface area contributed by atoms with Gasteiger partial charge in [-0.15, -0.1) is 11.8 Å². The van der Waals surface area contributed by atoms with Crippen LogP contribution in [0.2, 0.25) is 0 Å². The Morgan fingerprint density at radius 1 is 1.56 bits per heavy atom. The lowest BCUT2D eigenvalue weighted by Crippen LogP contribution is -2.26. The quantitative estimate of drug-likeness (QED) is 0.592. The fourth-order valence-electron chi connectivity index (χ4n) is 1.63. The van der Waals surface area contributed by atoms with Gasteiger partial charge in [0.05, 0.1) is 5.71 Å². The summed E-state index contributed by atoms with van der Waals surface area (Å²) in [7, 11) is 0. The number of thioether (sulfide) groups is 1. The molecule has 1 aliphatic rings. The summed E-state index contributed by atoms with van der Waals surface area (Å²) in [6, 6.07) is 6.42. The van der Waals surface area contributed by atoms with Gasteiger partial charge < -0.3 is 5.73 Å². The third-order valence-corrected chi connectivity index (χ3v) is 3.51. The number of benzene rings is 1. The van der Waals surface area contributed by atoms with Crippen molar-refractivity contribution in [3.05, 3.63) is 29.3 Å². The molecule has 0 saturated carbocycles. The van der Waals surface area contributed by atoms with Crippen molar-refractivity contribution in [1.29, 1.82) is 0 Å². The Morgan fingerprint density at radius 2 is 2.38 bits per heavy atom. The van der Waals surface area contributed by atoms with E-state index in [1.165, 1.54) is 16.0 Å².